The third-order valence-electron chi connectivity index (χ3n) is 5.72. The number of sulfonamides is 1. The molecule has 3 N–H and O–H groups in total. The number of hydrogen-bond acceptors (Lipinski definition) is 6. The molecule has 0 saturated heterocycles. The topological polar surface area (TPSA) is 109 Å². The minimum Gasteiger partial charge on any atom is -0.507 e. The fourth-order valence-corrected chi connectivity index (χ4v) is 5.21. The van der Waals surface area contributed by atoms with E-state index in [0.29, 0.717) is 45.4 Å². The van der Waals surface area contributed by atoms with Gasteiger partial charge in [-0.3, -0.25) is 0 Å². The van der Waals surface area contributed by atoms with E-state index in [1.54, 1.807) is 47.1 Å². The standard InChI is InChI=1S/C26H20BrF2N5O3S/c27-22-15-31-34-25(12-23(33-26(22)34)21-3-1-2-4-24(21)35)30-13-16-5-7-17(8-6-16)14-32-38(36,37)20-10-18(28)9-19(29)11-20/h1-12,15,30,32,35H,13-14H2. The van der Waals surface area contributed by atoms with Gasteiger partial charge in [0.05, 0.1) is 21.3 Å². The summed E-state index contributed by atoms with van der Waals surface area (Å²) in [6.45, 7) is 0.371. The number of rotatable bonds is 8. The van der Waals surface area contributed by atoms with Gasteiger partial charge in [0.15, 0.2) is 5.65 Å². The second kappa shape index (κ2) is 10.5. The van der Waals surface area contributed by atoms with Crippen molar-refractivity contribution in [1.82, 2.24) is 19.3 Å². The van der Waals surface area contributed by atoms with E-state index in [0.717, 1.165) is 17.7 Å². The Labute approximate surface area is 225 Å². The predicted octanol–water partition coefficient (Wildman–Crippen LogP) is 5.23. The minimum absolute atomic E-state index is 0.0512. The molecule has 38 heavy (non-hydrogen) atoms. The Balaban J connectivity index is 1.30. The average molecular weight is 600 g/mol. The Morgan fingerprint density at radius 1 is 0.921 bits per heavy atom. The third kappa shape index (κ3) is 5.52. The maximum Gasteiger partial charge on any atom is 0.241 e. The fourth-order valence-electron chi connectivity index (χ4n) is 3.80. The summed E-state index contributed by atoms with van der Waals surface area (Å²) in [4.78, 5) is 4.14. The second-order valence-corrected chi connectivity index (χ2v) is 11.0. The van der Waals surface area contributed by atoms with Crippen LogP contribution in [0.4, 0.5) is 14.6 Å². The van der Waals surface area contributed by atoms with E-state index >= 15 is 0 Å². The molecule has 0 bridgehead atoms. The molecular weight excluding hydrogens is 580 g/mol. The van der Waals surface area contributed by atoms with Gasteiger partial charge in [-0.05, 0) is 51.3 Å². The maximum absolute atomic E-state index is 13.4. The van der Waals surface area contributed by atoms with Gasteiger partial charge in [0.1, 0.15) is 23.2 Å². The number of nitrogens with one attached hydrogen (secondary N) is 2. The van der Waals surface area contributed by atoms with Crippen LogP contribution in [0.2, 0.25) is 0 Å². The van der Waals surface area contributed by atoms with E-state index in [1.165, 1.54) is 0 Å². The van der Waals surface area contributed by atoms with E-state index in [2.05, 4.69) is 36.1 Å². The molecule has 8 nitrogen and oxygen atoms in total. The zero-order chi connectivity index (χ0) is 26.9. The first-order valence-electron chi connectivity index (χ1n) is 11.3. The second-order valence-electron chi connectivity index (χ2n) is 8.37. The lowest BCUT2D eigenvalue weighted by Crippen LogP contribution is -2.23. The normalized spacial score (nSPS) is 11.7. The van der Waals surface area contributed by atoms with E-state index in [4.69, 9.17) is 0 Å². The van der Waals surface area contributed by atoms with Crippen molar-refractivity contribution in [3.05, 3.63) is 106 Å². The molecule has 0 spiro atoms. The molecule has 2 heterocycles. The molecule has 0 aliphatic heterocycles. The number of aromatic hydroxyl groups is 1. The first-order valence-corrected chi connectivity index (χ1v) is 13.6. The fraction of sp³-hybridized carbons (Fsp3) is 0.0769. The largest absolute Gasteiger partial charge is 0.507 e. The number of halogens is 3. The molecule has 5 aromatic rings. The Bertz CT molecular complexity index is 1720. The smallest absolute Gasteiger partial charge is 0.241 e. The summed E-state index contributed by atoms with van der Waals surface area (Å²) >= 11 is 3.46. The van der Waals surface area contributed by atoms with Crippen LogP contribution in [0.15, 0.2) is 88.4 Å². The number of fused-ring (bicyclic) bond motifs is 1. The van der Waals surface area contributed by atoms with Gasteiger partial charge in [0.25, 0.3) is 0 Å². The molecule has 0 amide bonds. The number of nitrogens with zero attached hydrogens (tertiary/aromatic N) is 3. The highest BCUT2D eigenvalue weighted by Crippen LogP contribution is 2.31. The van der Waals surface area contributed by atoms with Gasteiger partial charge >= 0.3 is 0 Å². The van der Waals surface area contributed by atoms with Crippen LogP contribution in [0.5, 0.6) is 5.75 Å². The van der Waals surface area contributed by atoms with Crippen LogP contribution < -0.4 is 10.0 Å². The molecule has 0 unspecified atom stereocenters. The zero-order valence-corrected chi connectivity index (χ0v) is 22.0. The monoisotopic (exact) mass is 599 g/mol. The number of benzene rings is 3. The van der Waals surface area contributed by atoms with Gasteiger partial charge in [0, 0.05) is 30.8 Å². The molecule has 0 saturated carbocycles. The van der Waals surface area contributed by atoms with Crippen LogP contribution in [0.1, 0.15) is 11.1 Å². The van der Waals surface area contributed by atoms with Crippen molar-refractivity contribution >= 4 is 37.4 Å². The highest BCUT2D eigenvalue weighted by atomic mass is 79.9. The number of phenolic OH excluding ortho intramolecular Hbond substituents is 1. The van der Waals surface area contributed by atoms with E-state index in [-0.39, 0.29) is 12.3 Å². The van der Waals surface area contributed by atoms with E-state index in [9.17, 15) is 22.3 Å². The van der Waals surface area contributed by atoms with Crippen molar-refractivity contribution in [2.24, 2.45) is 0 Å². The highest BCUT2D eigenvalue weighted by Gasteiger charge is 2.17. The summed E-state index contributed by atoms with van der Waals surface area (Å²) in [6, 6.07) is 18.0. The molecule has 0 aliphatic rings. The van der Waals surface area contributed by atoms with Gasteiger partial charge in [-0.2, -0.15) is 9.61 Å². The molecule has 5 rings (SSSR count). The molecule has 0 aliphatic carbocycles. The molecule has 12 heteroatoms. The predicted molar refractivity (Wildman–Crippen MR) is 142 cm³/mol. The molecule has 194 valence electrons. The zero-order valence-electron chi connectivity index (χ0n) is 19.6. The number of anilines is 1. The Hall–Kier alpha value is -3.87. The van der Waals surface area contributed by atoms with Gasteiger partial charge in [0.2, 0.25) is 10.0 Å². The van der Waals surface area contributed by atoms with Crippen molar-refractivity contribution in [3.8, 4) is 17.0 Å². The number of hydrogen-bond donors (Lipinski definition) is 3. The number of phenols is 1. The lowest BCUT2D eigenvalue weighted by molar-refractivity contribution is 0.477. The van der Waals surface area contributed by atoms with Crippen molar-refractivity contribution in [1.29, 1.82) is 0 Å². The van der Waals surface area contributed by atoms with Crippen LogP contribution in [0.25, 0.3) is 16.9 Å². The number of para-hydroxylation sites is 1. The van der Waals surface area contributed by atoms with Gasteiger partial charge in [-0.1, -0.05) is 36.4 Å². The number of aromatic nitrogens is 3. The summed E-state index contributed by atoms with van der Waals surface area (Å²) in [5, 5.41) is 18.0. The van der Waals surface area contributed by atoms with Gasteiger partial charge in [-0.25, -0.2) is 26.9 Å². The van der Waals surface area contributed by atoms with Crippen molar-refractivity contribution in [2.75, 3.05) is 5.32 Å². The summed E-state index contributed by atoms with van der Waals surface area (Å²) in [7, 11) is -4.09. The van der Waals surface area contributed by atoms with Crippen molar-refractivity contribution < 1.29 is 22.3 Å². The Morgan fingerprint density at radius 3 is 2.26 bits per heavy atom. The lowest BCUT2D eigenvalue weighted by atomic mass is 10.1. The summed E-state index contributed by atoms with van der Waals surface area (Å²) in [5.74, 6) is -1.18. The SMILES string of the molecule is O=S(=O)(NCc1ccc(CNc2cc(-c3ccccc3O)nc3c(Br)cnn23)cc1)c1cc(F)cc(F)c1. The van der Waals surface area contributed by atoms with Gasteiger partial charge in [-0.15, -0.1) is 0 Å². The average Bonchev–Trinajstić information content (AvgIpc) is 3.27. The minimum atomic E-state index is -4.09. The lowest BCUT2D eigenvalue weighted by Gasteiger charge is -2.12. The molecule has 3 aromatic carbocycles. The first-order chi connectivity index (χ1) is 18.2. The van der Waals surface area contributed by atoms with Crippen molar-refractivity contribution in [3.63, 3.8) is 0 Å². The Kier molecular flexibility index (Phi) is 7.11. The van der Waals surface area contributed by atoms with Crippen LogP contribution >= 0.6 is 15.9 Å². The van der Waals surface area contributed by atoms with Crippen molar-refractivity contribution in [2.45, 2.75) is 18.0 Å². The molecular formula is C26H20BrF2N5O3S. The van der Waals surface area contributed by atoms with Crippen LogP contribution in [-0.4, -0.2) is 28.1 Å². The molecule has 0 atom stereocenters. The third-order valence-corrected chi connectivity index (χ3v) is 7.66. The van der Waals surface area contributed by atoms with Crippen LogP contribution in [0.3, 0.4) is 0 Å². The summed E-state index contributed by atoms with van der Waals surface area (Å²) in [5.41, 5.74) is 3.30. The Morgan fingerprint density at radius 2 is 1.58 bits per heavy atom. The first kappa shape index (κ1) is 25.8. The molecule has 2 aromatic heterocycles. The molecule has 0 radical (unpaired) electrons. The quantitative estimate of drug-likeness (QED) is 0.225. The summed E-state index contributed by atoms with van der Waals surface area (Å²) in [6.07, 6.45) is 1.64. The van der Waals surface area contributed by atoms with E-state index < -0.39 is 26.6 Å². The van der Waals surface area contributed by atoms with E-state index in [1.807, 2.05) is 18.2 Å². The van der Waals surface area contributed by atoms with Crippen LogP contribution in [-0.2, 0) is 23.1 Å². The maximum atomic E-state index is 13.4. The molecule has 0 fully saturated rings. The highest BCUT2D eigenvalue weighted by molar-refractivity contribution is 9.10. The van der Waals surface area contributed by atoms with Gasteiger partial charge < -0.3 is 10.4 Å². The van der Waals surface area contributed by atoms with Crippen LogP contribution in [0, 0.1) is 11.6 Å². The summed E-state index contributed by atoms with van der Waals surface area (Å²) < 4.78 is 56.3.